The largest absolute Gasteiger partial charge is 0.389 e. The van der Waals surface area contributed by atoms with Gasteiger partial charge in [-0.1, -0.05) is 51.5 Å². The van der Waals surface area contributed by atoms with E-state index in [1.165, 1.54) is 20.9 Å². The average molecular weight is 337 g/mol. The zero-order chi connectivity index (χ0) is 14.0. The van der Waals surface area contributed by atoms with Crippen LogP contribution in [0, 0.1) is 13.8 Å². The van der Waals surface area contributed by atoms with Crippen LogP contribution >= 0.6 is 27.7 Å². The molecule has 0 aliphatic carbocycles. The normalized spacial score (nSPS) is 12.5. The van der Waals surface area contributed by atoms with Crippen molar-refractivity contribution < 1.29 is 5.11 Å². The second-order valence-electron chi connectivity index (χ2n) is 4.73. The van der Waals surface area contributed by atoms with E-state index in [4.69, 9.17) is 0 Å². The SMILES string of the molecule is Cc1ccc(Sc2ccc([C@@H](C)O)c(Br)c2)c(C)c1. The number of aryl methyl sites for hydroxylation is 2. The Morgan fingerprint density at radius 1 is 1.11 bits per heavy atom. The van der Waals surface area contributed by atoms with E-state index in [0.717, 1.165) is 10.0 Å². The molecule has 0 heterocycles. The van der Waals surface area contributed by atoms with Gasteiger partial charge in [0.05, 0.1) is 6.10 Å². The van der Waals surface area contributed by atoms with Crippen LogP contribution in [0.15, 0.2) is 50.7 Å². The fraction of sp³-hybridized carbons (Fsp3) is 0.250. The number of hydrogen-bond donors (Lipinski definition) is 1. The lowest BCUT2D eigenvalue weighted by Crippen LogP contribution is -1.92. The van der Waals surface area contributed by atoms with E-state index in [9.17, 15) is 5.11 Å². The molecule has 2 aromatic carbocycles. The van der Waals surface area contributed by atoms with Crippen molar-refractivity contribution in [3.8, 4) is 0 Å². The minimum absolute atomic E-state index is 0.450. The van der Waals surface area contributed by atoms with Crippen LogP contribution in [0.5, 0.6) is 0 Å². The molecule has 1 nitrogen and oxygen atoms in total. The second kappa shape index (κ2) is 6.12. The van der Waals surface area contributed by atoms with Gasteiger partial charge in [0.25, 0.3) is 0 Å². The predicted molar refractivity (Wildman–Crippen MR) is 84.8 cm³/mol. The first kappa shape index (κ1) is 14.6. The maximum absolute atomic E-state index is 9.62. The first-order valence-electron chi connectivity index (χ1n) is 6.20. The van der Waals surface area contributed by atoms with E-state index in [1.807, 2.05) is 6.07 Å². The summed E-state index contributed by atoms with van der Waals surface area (Å²) in [4.78, 5) is 2.44. The predicted octanol–water partition coefficient (Wildman–Crippen LogP) is 5.27. The van der Waals surface area contributed by atoms with Gasteiger partial charge in [0.1, 0.15) is 0 Å². The molecular formula is C16H17BrOS. The topological polar surface area (TPSA) is 20.2 Å². The van der Waals surface area contributed by atoms with Crippen molar-refractivity contribution in [2.24, 2.45) is 0 Å². The third-order valence-electron chi connectivity index (χ3n) is 2.98. The van der Waals surface area contributed by atoms with E-state index in [-0.39, 0.29) is 0 Å². The summed E-state index contributed by atoms with van der Waals surface area (Å²) in [5.41, 5.74) is 3.50. The lowest BCUT2D eigenvalue weighted by molar-refractivity contribution is 0.198. The van der Waals surface area contributed by atoms with Gasteiger partial charge in [-0.05, 0) is 50.1 Å². The number of rotatable bonds is 3. The molecule has 1 N–H and O–H groups in total. The zero-order valence-corrected chi connectivity index (χ0v) is 13.7. The molecule has 0 bridgehead atoms. The maximum atomic E-state index is 9.62. The fourth-order valence-electron chi connectivity index (χ4n) is 1.95. The van der Waals surface area contributed by atoms with Crippen LogP contribution in [0.3, 0.4) is 0 Å². The fourth-order valence-corrected chi connectivity index (χ4v) is 3.74. The summed E-state index contributed by atoms with van der Waals surface area (Å²) in [6.45, 7) is 6.01. The van der Waals surface area contributed by atoms with Gasteiger partial charge in [0.2, 0.25) is 0 Å². The molecular weight excluding hydrogens is 320 g/mol. The molecule has 0 unspecified atom stereocenters. The lowest BCUT2D eigenvalue weighted by Gasteiger charge is -2.11. The van der Waals surface area contributed by atoms with Crippen LogP contribution in [-0.2, 0) is 0 Å². The van der Waals surface area contributed by atoms with Gasteiger partial charge in [-0.3, -0.25) is 0 Å². The van der Waals surface area contributed by atoms with E-state index in [0.29, 0.717) is 0 Å². The van der Waals surface area contributed by atoms with E-state index in [1.54, 1.807) is 18.7 Å². The number of halogens is 1. The standard InChI is InChI=1S/C16H17BrOS/c1-10-4-7-16(11(2)8-10)19-13-5-6-14(12(3)18)15(17)9-13/h4-9,12,18H,1-3H3/t12-/m1/s1. The third-order valence-corrected chi connectivity index (χ3v) is 4.83. The maximum Gasteiger partial charge on any atom is 0.0772 e. The minimum atomic E-state index is -0.450. The van der Waals surface area contributed by atoms with Gasteiger partial charge in [-0.15, -0.1) is 0 Å². The summed E-state index contributed by atoms with van der Waals surface area (Å²) in [5, 5.41) is 9.62. The van der Waals surface area contributed by atoms with Gasteiger partial charge < -0.3 is 5.11 Å². The number of aliphatic hydroxyl groups excluding tert-OH is 1. The third kappa shape index (κ3) is 3.62. The molecule has 0 aliphatic rings. The Bertz CT molecular complexity index is 593. The Hall–Kier alpha value is -0.770. The molecule has 0 spiro atoms. The Morgan fingerprint density at radius 2 is 1.84 bits per heavy atom. The Balaban J connectivity index is 2.26. The number of hydrogen-bond acceptors (Lipinski definition) is 2. The molecule has 0 radical (unpaired) electrons. The highest BCUT2D eigenvalue weighted by molar-refractivity contribution is 9.10. The first-order chi connectivity index (χ1) is 8.97. The molecule has 2 aromatic rings. The van der Waals surface area contributed by atoms with Gasteiger partial charge in [0.15, 0.2) is 0 Å². The summed E-state index contributed by atoms with van der Waals surface area (Å²) in [6.07, 6.45) is -0.450. The molecule has 19 heavy (non-hydrogen) atoms. The summed E-state index contributed by atoms with van der Waals surface area (Å²) in [5.74, 6) is 0. The van der Waals surface area contributed by atoms with Crippen molar-refractivity contribution in [1.82, 2.24) is 0 Å². The lowest BCUT2D eigenvalue weighted by atomic mass is 10.1. The molecule has 2 rings (SSSR count). The van der Waals surface area contributed by atoms with E-state index >= 15 is 0 Å². The number of benzene rings is 2. The molecule has 1 atom stereocenters. The highest BCUT2D eigenvalue weighted by Gasteiger charge is 2.08. The molecule has 0 fully saturated rings. The molecule has 0 saturated carbocycles. The monoisotopic (exact) mass is 336 g/mol. The Morgan fingerprint density at radius 3 is 2.42 bits per heavy atom. The van der Waals surface area contributed by atoms with E-state index in [2.05, 4.69) is 60.1 Å². The van der Waals surface area contributed by atoms with Crippen molar-refractivity contribution in [2.75, 3.05) is 0 Å². The van der Waals surface area contributed by atoms with Crippen molar-refractivity contribution in [1.29, 1.82) is 0 Å². The molecule has 0 aromatic heterocycles. The second-order valence-corrected chi connectivity index (χ2v) is 6.70. The summed E-state index contributed by atoms with van der Waals surface area (Å²) in [6, 6.07) is 12.6. The molecule has 0 aliphatic heterocycles. The summed E-state index contributed by atoms with van der Waals surface area (Å²) < 4.78 is 0.956. The summed E-state index contributed by atoms with van der Waals surface area (Å²) in [7, 11) is 0. The van der Waals surface area contributed by atoms with E-state index < -0.39 is 6.10 Å². The van der Waals surface area contributed by atoms with Crippen LogP contribution in [-0.4, -0.2) is 5.11 Å². The van der Waals surface area contributed by atoms with Crippen molar-refractivity contribution >= 4 is 27.7 Å². The quantitative estimate of drug-likeness (QED) is 0.823. The van der Waals surface area contributed by atoms with Crippen LogP contribution in [0.25, 0.3) is 0 Å². The molecule has 100 valence electrons. The Labute approximate surface area is 127 Å². The van der Waals surface area contributed by atoms with Crippen LogP contribution in [0.2, 0.25) is 0 Å². The van der Waals surface area contributed by atoms with Crippen molar-refractivity contribution in [3.05, 3.63) is 57.6 Å². The smallest absolute Gasteiger partial charge is 0.0772 e. The van der Waals surface area contributed by atoms with Crippen molar-refractivity contribution in [3.63, 3.8) is 0 Å². The molecule has 0 saturated heterocycles. The molecule has 0 amide bonds. The molecule has 3 heteroatoms. The van der Waals surface area contributed by atoms with Gasteiger partial charge in [-0.2, -0.15) is 0 Å². The number of aliphatic hydroxyl groups is 1. The average Bonchev–Trinajstić information content (AvgIpc) is 2.32. The van der Waals surface area contributed by atoms with Crippen molar-refractivity contribution in [2.45, 2.75) is 36.7 Å². The Kier molecular flexibility index (Phi) is 4.71. The van der Waals surface area contributed by atoms with Crippen LogP contribution < -0.4 is 0 Å². The van der Waals surface area contributed by atoms with Crippen LogP contribution in [0.1, 0.15) is 29.7 Å². The highest BCUT2D eigenvalue weighted by atomic mass is 79.9. The van der Waals surface area contributed by atoms with Gasteiger partial charge in [-0.25, -0.2) is 0 Å². The first-order valence-corrected chi connectivity index (χ1v) is 7.81. The highest BCUT2D eigenvalue weighted by Crippen LogP contribution is 2.34. The zero-order valence-electron chi connectivity index (χ0n) is 11.3. The van der Waals surface area contributed by atoms with Crippen LogP contribution in [0.4, 0.5) is 0 Å². The summed E-state index contributed by atoms with van der Waals surface area (Å²) >= 11 is 5.26. The van der Waals surface area contributed by atoms with Gasteiger partial charge in [0, 0.05) is 14.3 Å². The minimum Gasteiger partial charge on any atom is -0.389 e. The van der Waals surface area contributed by atoms with Gasteiger partial charge >= 0.3 is 0 Å².